The molecule has 2 bridgehead atoms. The standard InChI is InChI=1S/C25H31ClN4/c26-25-13-22(14-27-28-25)29-15-20-11-12-21(16-29)30(20)19-9-7-18(8-10-19)24-4-2-1-3-23(24)17-5-6-17/h1-4,13-14,17-21H,5-12,15-16H2/t18-,19+,20?,21?. The number of benzene rings is 1. The smallest absolute Gasteiger partial charge is 0.153 e. The molecule has 2 aromatic rings. The van der Waals surface area contributed by atoms with Gasteiger partial charge in [0.1, 0.15) is 0 Å². The minimum absolute atomic E-state index is 0.493. The minimum atomic E-state index is 0.493. The monoisotopic (exact) mass is 422 g/mol. The molecule has 2 saturated carbocycles. The Balaban J connectivity index is 1.12. The van der Waals surface area contributed by atoms with Crippen molar-refractivity contribution in [2.75, 3.05) is 18.0 Å². The second-order valence-electron chi connectivity index (χ2n) is 9.88. The molecule has 30 heavy (non-hydrogen) atoms. The number of hydrogen-bond acceptors (Lipinski definition) is 4. The highest BCUT2D eigenvalue weighted by atomic mass is 35.5. The van der Waals surface area contributed by atoms with Crippen molar-refractivity contribution >= 4 is 17.3 Å². The summed E-state index contributed by atoms with van der Waals surface area (Å²) in [6, 6.07) is 13.4. The molecule has 2 saturated heterocycles. The third-order valence-electron chi connectivity index (χ3n) is 8.09. The molecule has 2 atom stereocenters. The van der Waals surface area contributed by atoms with Crippen LogP contribution < -0.4 is 4.90 Å². The maximum absolute atomic E-state index is 6.09. The number of fused-ring (bicyclic) bond motifs is 2. The van der Waals surface area contributed by atoms with Crippen molar-refractivity contribution in [3.63, 3.8) is 0 Å². The van der Waals surface area contributed by atoms with E-state index in [2.05, 4.69) is 44.3 Å². The van der Waals surface area contributed by atoms with Gasteiger partial charge < -0.3 is 4.90 Å². The minimum Gasteiger partial charge on any atom is -0.367 e. The zero-order valence-electron chi connectivity index (χ0n) is 17.6. The molecule has 0 N–H and O–H groups in total. The van der Waals surface area contributed by atoms with E-state index in [1.807, 2.05) is 12.3 Å². The molecule has 1 aromatic heterocycles. The highest BCUT2D eigenvalue weighted by molar-refractivity contribution is 6.29. The molecule has 158 valence electrons. The summed E-state index contributed by atoms with van der Waals surface area (Å²) in [5, 5.41) is 8.46. The lowest BCUT2D eigenvalue weighted by atomic mass is 9.78. The van der Waals surface area contributed by atoms with Crippen molar-refractivity contribution in [2.45, 2.75) is 81.3 Å². The molecule has 4 fully saturated rings. The Kier molecular flexibility index (Phi) is 4.96. The lowest BCUT2D eigenvalue weighted by Gasteiger charge is -2.47. The van der Waals surface area contributed by atoms with E-state index in [0.29, 0.717) is 17.2 Å². The summed E-state index contributed by atoms with van der Waals surface area (Å²) in [7, 11) is 0. The van der Waals surface area contributed by atoms with Gasteiger partial charge in [-0.15, -0.1) is 5.10 Å². The van der Waals surface area contributed by atoms with Crippen LogP contribution in [0.5, 0.6) is 0 Å². The molecular weight excluding hydrogens is 392 g/mol. The van der Waals surface area contributed by atoms with Crippen molar-refractivity contribution in [3.05, 3.63) is 52.8 Å². The fourth-order valence-corrected chi connectivity index (χ4v) is 6.74. The Labute approximate surface area is 184 Å². The maximum Gasteiger partial charge on any atom is 0.153 e. The molecule has 6 rings (SSSR count). The number of piperazine rings is 1. The van der Waals surface area contributed by atoms with E-state index in [0.717, 1.165) is 36.7 Å². The summed E-state index contributed by atoms with van der Waals surface area (Å²) in [4.78, 5) is 5.40. The summed E-state index contributed by atoms with van der Waals surface area (Å²) in [5.41, 5.74) is 4.47. The van der Waals surface area contributed by atoms with E-state index in [-0.39, 0.29) is 0 Å². The predicted octanol–water partition coefficient (Wildman–Crippen LogP) is 5.39. The van der Waals surface area contributed by atoms with Crippen LogP contribution in [0.15, 0.2) is 36.5 Å². The molecule has 2 aliphatic carbocycles. The number of aromatic nitrogens is 2. The molecule has 3 heterocycles. The van der Waals surface area contributed by atoms with Gasteiger partial charge in [0, 0.05) is 37.3 Å². The first-order valence-corrected chi connectivity index (χ1v) is 12.2. The average Bonchev–Trinajstić information content (AvgIpc) is 3.59. The van der Waals surface area contributed by atoms with Gasteiger partial charge in [-0.05, 0) is 74.3 Å². The first-order valence-electron chi connectivity index (χ1n) is 11.9. The van der Waals surface area contributed by atoms with E-state index in [9.17, 15) is 0 Å². The third kappa shape index (κ3) is 3.52. The SMILES string of the molecule is Clc1cc(N2CC3CCC(C2)N3[C@H]2CC[C@@H](c3ccccc3C3CC3)CC2)cnn1. The molecule has 4 nitrogen and oxygen atoms in total. The Hall–Kier alpha value is -1.65. The quantitative estimate of drug-likeness (QED) is 0.661. The van der Waals surface area contributed by atoms with Crippen LogP contribution in [-0.2, 0) is 0 Å². The summed E-state index contributed by atoms with van der Waals surface area (Å²) in [6.07, 6.45) is 12.8. The normalized spacial score (nSPS) is 31.8. The van der Waals surface area contributed by atoms with Gasteiger partial charge in [0.15, 0.2) is 5.15 Å². The summed E-state index contributed by atoms with van der Waals surface area (Å²) in [5.74, 6) is 1.64. The van der Waals surface area contributed by atoms with Crippen LogP contribution in [0.4, 0.5) is 5.69 Å². The van der Waals surface area contributed by atoms with Crippen molar-refractivity contribution in [2.24, 2.45) is 0 Å². The van der Waals surface area contributed by atoms with Crippen LogP contribution in [0.1, 0.15) is 74.3 Å². The molecule has 2 unspecified atom stereocenters. The average molecular weight is 423 g/mol. The van der Waals surface area contributed by atoms with E-state index in [1.165, 1.54) is 51.4 Å². The van der Waals surface area contributed by atoms with Crippen molar-refractivity contribution in [1.82, 2.24) is 15.1 Å². The Bertz CT molecular complexity index is 892. The third-order valence-corrected chi connectivity index (χ3v) is 8.27. The first kappa shape index (κ1) is 19.1. The zero-order valence-corrected chi connectivity index (χ0v) is 18.3. The summed E-state index contributed by atoms with van der Waals surface area (Å²) >= 11 is 6.09. The number of halogens is 1. The van der Waals surface area contributed by atoms with Crippen LogP contribution in [-0.4, -0.2) is 46.3 Å². The fraction of sp³-hybridized carbons (Fsp3) is 0.600. The Morgan fingerprint density at radius 1 is 0.767 bits per heavy atom. The lowest BCUT2D eigenvalue weighted by Crippen LogP contribution is -2.57. The highest BCUT2D eigenvalue weighted by Crippen LogP contribution is 2.47. The van der Waals surface area contributed by atoms with Gasteiger partial charge in [-0.25, -0.2) is 0 Å². The molecule has 0 amide bonds. The van der Waals surface area contributed by atoms with Gasteiger partial charge in [0.2, 0.25) is 0 Å². The Morgan fingerprint density at radius 2 is 1.33 bits per heavy atom. The molecule has 5 heteroatoms. The second kappa shape index (κ2) is 7.80. The molecule has 1 aromatic carbocycles. The van der Waals surface area contributed by atoms with Gasteiger partial charge >= 0.3 is 0 Å². The van der Waals surface area contributed by atoms with Crippen molar-refractivity contribution < 1.29 is 0 Å². The fourth-order valence-electron chi connectivity index (χ4n) is 6.58. The Morgan fingerprint density at radius 3 is 1.90 bits per heavy atom. The highest BCUT2D eigenvalue weighted by Gasteiger charge is 2.44. The van der Waals surface area contributed by atoms with Crippen LogP contribution >= 0.6 is 11.6 Å². The summed E-state index contributed by atoms with van der Waals surface area (Å²) < 4.78 is 0. The number of nitrogens with zero attached hydrogens (tertiary/aromatic N) is 4. The second-order valence-corrected chi connectivity index (χ2v) is 10.3. The van der Waals surface area contributed by atoms with Crippen LogP contribution in [0.2, 0.25) is 5.15 Å². The summed E-state index contributed by atoms with van der Waals surface area (Å²) in [6.45, 7) is 2.20. The molecule has 0 spiro atoms. The lowest BCUT2D eigenvalue weighted by molar-refractivity contribution is 0.0811. The van der Waals surface area contributed by atoms with Crippen molar-refractivity contribution in [3.8, 4) is 0 Å². The zero-order chi connectivity index (χ0) is 20.1. The predicted molar refractivity (Wildman–Crippen MR) is 121 cm³/mol. The van der Waals surface area contributed by atoms with Gasteiger partial charge in [-0.1, -0.05) is 35.9 Å². The van der Waals surface area contributed by atoms with E-state index >= 15 is 0 Å². The number of anilines is 1. The molecule has 4 aliphatic rings. The maximum atomic E-state index is 6.09. The molecule has 0 radical (unpaired) electrons. The van der Waals surface area contributed by atoms with Gasteiger partial charge in [0.25, 0.3) is 0 Å². The van der Waals surface area contributed by atoms with Crippen molar-refractivity contribution in [1.29, 1.82) is 0 Å². The van der Waals surface area contributed by atoms with E-state index in [4.69, 9.17) is 11.6 Å². The van der Waals surface area contributed by atoms with Crippen LogP contribution in [0, 0.1) is 0 Å². The van der Waals surface area contributed by atoms with E-state index in [1.54, 1.807) is 11.1 Å². The van der Waals surface area contributed by atoms with Gasteiger partial charge in [-0.3, -0.25) is 4.90 Å². The van der Waals surface area contributed by atoms with Gasteiger partial charge in [0.05, 0.1) is 11.9 Å². The first-order chi connectivity index (χ1) is 14.8. The number of rotatable bonds is 4. The van der Waals surface area contributed by atoms with Crippen LogP contribution in [0.3, 0.4) is 0 Å². The van der Waals surface area contributed by atoms with Crippen LogP contribution in [0.25, 0.3) is 0 Å². The van der Waals surface area contributed by atoms with E-state index < -0.39 is 0 Å². The molecular formula is C25H31ClN4. The molecule has 2 aliphatic heterocycles. The number of hydrogen-bond donors (Lipinski definition) is 0. The largest absolute Gasteiger partial charge is 0.367 e. The topological polar surface area (TPSA) is 32.3 Å². The van der Waals surface area contributed by atoms with Gasteiger partial charge in [-0.2, -0.15) is 5.10 Å².